The molecular formula is C16H25N3O. The first-order chi connectivity index (χ1) is 9.67. The first-order valence-corrected chi connectivity index (χ1v) is 7.90. The van der Waals surface area contributed by atoms with Crippen LogP contribution in [-0.4, -0.2) is 23.1 Å². The van der Waals surface area contributed by atoms with E-state index in [1.807, 2.05) is 14.0 Å². The van der Waals surface area contributed by atoms with E-state index in [0.29, 0.717) is 12.0 Å². The Morgan fingerprint density at radius 3 is 2.60 bits per heavy atom. The zero-order valence-corrected chi connectivity index (χ0v) is 12.8. The fourth-order valence-electron chi connectivity index (χ4n) is 3.04. The largest absolute Gasteiger partial charge is 0.474 e. The smallest absolute Gasteiger partial charge is 0.222 e. The minimum atomic E-state index is 0.323. The molecule has 0 bridgehead atoms. The number of aromatic nitrogens is 2. The maximum Gasteiger partial charge on any atom is 0.222 e. The van der Waals surface area contributed by atoms with E-state index in [-0.39, 0.29) is 0 Å². The average Bonchev–Trinajstić information content (AvgIpc) is 3.25. The van der Waals surface area contributed by atoms with E-state index < -0.39 is 0 Å². The van der Waals surface area contributed by atoms with Crippen LogP contribution in [0.2, 0.25) is 0 Å². The highest BCUT2D eigenvalue weighted by atomic mass is 16.5. The van der Waals surface area contributed by atoms with Crippen LogP contribution in [0.25, 0.3) is 0 Å². The summed E-state index contributed by atoms with van der Waals surface area (Å²) in [5.41, 5.74) is 1.04. The normalized spacial score (nSPS) is 26.4. The van der Waals surface area contributed by atoms with Gasteiger partial charge in [-0.3, -0.25) is 0 Å². The van der Waals surface area contributed by atoms with Crippen LogP contribution in [0.4, 0.5) is 5.82 Å². The standard InChI is InChI=1S/C16H25N3O/c1-10-5-4-6-13(9-10)20-16-11(2)14(17-3)18-15(19-16)12-7-8-12/h10,12-13H,4-9H2,1-3H3,(H,17,18,19). The average molecular weight is 275 g/mol. The Hall–Kier alpha value is -1.32. The Morgan fingerprint density at radius 2 is 1.95 bits per heavy atom. The van der Waals surface area contributed by atoms with Gasteiger partial charge in [0.25, 0.3) is 0 Å². The lowest BCUT2D eigenvalue weighted by Crippen LogP contribution is -2.25. The summed E-state index contributed by atoms with van der Waals surface area (Å²) in [5.74, 6) is 3.99. The summed E-state index contributed by atoms with van der Waals surface area (Å²) in [6, 6.07) is 0. The summed E-state index contributed by atoms with van der Waals surface area (Å²) in [7, 11) is 1.92. The molecule has 1 aromatic rings. The summed E-state index contributed by atoms with van der Waals surface area (Å²) < 4.78 is 6.23. The van der Waals surface area contributed by atoms with E-state index in [4.69, 9.17) is 4.74 Å². The van der Waals surface area contributed by atoms with Crippen molar-refractivity contribution in [2.75, 3.05) is 12.4 Å². The molecule has 0 aliphatic heterocycles. The zero-order valence-electron chi connectivity index (χ0n) is 12.8. The zero-order chi connectivity index (χ0) is 14.1. The highest BCUT2D eigenvalue weighted by Gasteiger charge is 2.29. The van der Waals surface area contributed by atoms with Crippen molar-refractivity contribution in [1.82, 2.24) is 9.97 Å². The molecule has 0 saturated heterocycles. The molecule has 2 aliphatic rings. The Balaban J connectivity index is 1.81. The third-order valence-corrected chi connectivity index (χ3v) is 4.46. The van der Waals surface area contributed by atoms with Gasteiger partial charge in [0, 0.05) is 13.0 Å². The van der Waals surface area contributed by atoms with Gasteiger partial charge in [-0.15, -0.1) is 0 Å². The van der Waals surface area contributed by atoms with Gasteiger partial charge in [-0.1, -0.05) is 13.3 Å². The molecule has 4 heteroatoms. The first kappa shape index (κ1) is 13.7. The van der Waals surface area contributed by atoms with Crippen LogP contribution >= 0.6 is 0 Å². The van der Waals surface area contributed by atoms with Crippen molar-refractivity contribution >= 4 is 5.82 Å². The van der Waals surface area contributed by atoms with E-state index in [1.165, 1.54) is 25.7 Å². The Kier molecular flexibility index (Phi) is 3.81. The summed E-state index contributed by atoms with van der Waals surface area (Å²) in [5, 5.41) is 3.17. The van der Waals surface area contributed by atoms with E-state index >= 15 is 0 Å². The van der Waals surface area contributed by atoms with Crippen LogP contribution in [0.5, 0.6) is 5.88 Å². The van der Waals surface area contributed by atoms with Crippen molar-refractivity contribution in [1.29, 1.82) is 0 Å². The second kappa shape index (κ2) is 5.58. The molecule has 110 valence electrons. The monoisotopic (exact) mass is 275 g/mol. The second-order valence-electron chi connectivity index (χ2n) is 6.40. The highest BCUT2D eigenvalue weighted by molar-refractivity contribution is 5.48. The van der Waals surface area contributed by atoms with Gasteiger partial charge in [-0.25, -0.2) is 4.98 Å². The maximum absolute atomic E-state index is 6.23. The van der Waals surface area contributed by atoms with Crippen molar-refractivity contribution in [3.05, 3.63) is 11.4 Å². The summed E-state index contributed by atoms with van der Waals surface area (Å²) in [6.07, 6.45) is 7.66. The van der Waals surface area contributed by atoms with Gasteiger partial charge in [0.2, 0.25) is 5.88 Å². The minimum Gasteiger partial charge on any atom is -0.474 e. The van der Waals surface area contributed by atoms with Crippen LogP contribution in [-0.2, 0) is 0 Å². The Morgan fingerprint density at radius 1 is 1.15 bits per heavy atom. The van der Waals surface area contributed by atoms with Crippen molar-refractivity contribution in [2.24, 2.45) is 5.92 Å². The van der Waals surface area contributed by atoms with Crippen LogP contribution in [0.1, 0.15) is 62.8 Å². The molecule has 3 rings (SSSR count). The summed E-state index contributed by atoms with van der Waals surface area (Å²) in [6.45, 7) is 4.36. The lowest BCUT2D eigenvalue weighted by Gasteiger charge is -2.27. The Bertz CT molecular complexity index is 485. The third kappa shape index (κ3) is 2.89. The molecule has 0 amide bonds. The number of rotatable bonds is 4. The van der Waals surface area contributed by atoms with E-state index in [2.05, 4.69) is 22.2 Å². The predicted octanol–water partition coefficient (Wildman–Crippen LogP) is 3.66. The second-order valence-corrected chi connectivity index (χ2v) is 6.40. The molecule has 1 heterocycles. The number of hydrogen-bond acceptors (Lipinski definition) is 4. The summed E-state index contributed by atoms with van der Waals surface area (Å²) in [4.78, 5) is 9.31. The van der Waals surface area contributed by atoms with Gasteiger partial charge in [-0.2, -0.15) is 4.98 Å². The fraction of sp³-hybridized carbons (Fsp3) is 0.750. The molecule has 2 fully saturated rings. The fourth-order valence-corrected chi connectivity index (χ4v) is 3.04. The van der Waals surface area contributed by atoms with Crippen molar-refractivity contribution in [3.63, 3.8) is 0 Å². The van der Waals surface area contributed by atoms with Crippen LogP contribution in [0.15, 0.2) is 0 Å². The molecule has 1 aromatic heterocycles. The third-order valence-electron chi connectivity index (χ3n) is 4.46. The van der Waals surface area contributed by atoms with Crippen molar-refractivity contribution in [2.45, 2.75) is 64.4 Å². The molecule has 2 aliphatic carbocycles. The quantitative estimate of drug-likeness (QED) is 0.911. The number of anilines is 1. The molecule has 0 aromatic carbocycles. The predicted molar refractivity (Wildman–Crippen MR) is 80.3 cm³/mol. The minimum absolute atomic E-state index is 0.323. The van der Waals surface area contributed by atoms with E-state index in [1.54, 1.807) is 0 Å². The molecule has 2 unspecified atom stereocenters. The van der Waals surface area contributed by atoms with Crippen LogP contribution < -0.4 is 10.1 Å². The van der Waals surface area contributed by atoms with E-state index in [0.717, 1.165) is 41.8 Å². The van der Waals surface area contributed by atoms with Gasteiger partial charge in [-0.05, 0) is 44.9 Å². The van der Waals surface area contributed by atoms with Crippen LogP contribution in [0, 0.1) is 12.8 Å². The van der Waals surface area contributed by atoms with Crippen molar-refractivity contribution in [3.8, 4) is 5.88 Å². The Labute approximate surface area is 121 Å². The van der Waals surface area contributed by atoms with Crippen molar-refractivity contribution < 1.29 is 4.74 Å². The van der Waals surface area contributed by atoms with Gasteiger partial charge in [0.05, 0.1) is 5.56 Å². The molecule has 1 N–H and O–H groups in total. The van der Waals surface area contributed by atoms with Gasteiger partial charge in [0.15, 0.2) is 0 Å². The number of nitrogens with one attached hydrogen (secondary N) is 1. The lowest BCUT2D eigenvalue weighted by atomic mass is 9.89. The number of hydrogen-bond donors (Lipinski definition) is 1. The molecule has 0 radical (unpaired) electrons. The topological polar surface area (TPSA) is 47.0 Å². The SMILES string of the molecule is CNc1nc(C2CC2)nc(OC2CCCC(C)C2)c1C. The molecule has 4 nitrogen and oxygen atoms in total. The first-order valence-electron chi connectivity index (χ1n) is 7.90. The van der Waals surface area contributed by atoms with Gasteiger partial charge < -0.3 is 10.1 Å². The molecule has 2 saturated carbocycles. The van der Waals surface area contributed by atoms with Crippen LogP contribution in [0.3, 0.4) is 0 Å². The number of ether oxygens (including phenoxy) is 1. The highest BCUT2D eigenvalue weighted by Crippen LogP contribution is 2.40. The molecular weight excluding hydrogens is 250 g/mol. The van der Waals surface area contributed by atoms with Gasteiger partial charge in [0.1, 0.15) is 17.7 Å². The molecule has 20 heavy (non-hydrogen) atoms. The maximum atomic E-state index is 6.23. The molecule has 0 spiro atoms. The van der Waals surface area contributed by atoms with Gasteiger partial charge >= 0.3 is 0 Å². The van der Waals surface area contributed by atoms with E-state index in [9.17, 15) is 0 Å². The summed E-state index contributed by atoms with van der Waals surface area (Å²) >= 11 is 0. The number of nitrogens with zero attached hydrogens (tertiary/aromatic N) is 2. The lowest BCUT2D eigenvalue weighted by molar-refractivity contribution is 0.122. The molecule has 2 atom stereocenters.